The van der Waals surface area contributed by atoms with E-state index in [0.29, 0.717) is 26.1 Å². The maximum atomic E-state index is 12.8. The van der Waals surface area contributed by atoms with Crippen LogP contribution in [0.4, 0.5) is 0 Å². The lowest BCUT2D eigenvalue weighted by molar-refractivity contribution is -0.130. The van der Waals surface area contributed by atoms with Gasteiger partial charge in [-0.1, -0.05) is 24.3 Å². The third-order valence-corrected chi connectivity index (χ3v) is 4.25. The Labute approximate surface area is 165 Å². The first-order valence-corrected chi connectivity index (χ1v) is 9.30. The molecule has 2 aromatic rings. The molecule has 0 saturated carbocycles. The number of amides is 2. The summed E-state index contributed by atoms with van der Waals surface area (Å²) < 4.78 is 6.75. The molecule has 150 valence electrons. The van der Waals surface area contributed by atoms with Crippen molar-refractivity contribution in [2.24, 2.45) is 0 Å². The molecule has 0 radical (unpaired) electrons. The standard InChI is InChI=1S/C21H28N4O3/c1-4-13-24(14-5-2)21(27)15-25-18-10-7-6-9-17(18)23-19(25)11-8-12-22-20(26)16-28-3/h4-7,9-10H,1-2,8,11-16H2,3H3,(H,22,26). The van der Waals surface area contributed by atoms with E-state index in [4.69, 9.17) is 4.74 Å². The number of para-hydroxylation sites is 2. The number of nitrogens with zero attached hydrogens (tertiary/aromatic N) is 3. The van der Waals surface area contributed by atoms with Crippen molar-refractivity contribution in [3.05, 3.63) is 55.4 Å². The Hall–Kier alpha value is -2.93. The number of rotatable bonds is 12. The molecule has 1 N–H and O–H groups in total. The van der Waals surface area contributed by atoms with Gasteiger partial charge in [-0.25, -0.2) is 4.98 Å². The van der Waals surface area contributed by atoms with Crippen LogP contribution in [-0.4, -0.2) is 59.6 Å². The fourth-order valence-corrected chi connectivity index (χ4v) is 2.97. The lowest BCUT2D eigenvalue weighted by Gasteiger charge is -2.20. The summed E-state index contributed by atoms with van der Waals surface area (Å²) in [6.45, 7) is 9.15. The van der Waals surface area contributed by atoms with E-state index in [1.54, 1.807) is 17.1 Å². The zero-order chi connectivity index (χ0) is 20.4. The molecule has 0 unspecified atom stereocenters. The molecule has 0 aliphatic carbocycles. The average molecular weight is 384 g/mol. The summed E-state index contributed by atoms with van der Waals surface area (Å²) in [4.78, 5) is 30.7. The van der Waals surface area contributed by atoms with Crippen LogP contribution in [0.3, 0.4) is 0 Å². The van der Waals surface area contributed by atoms with E-state index < -0.39 is 0 Å². The highest BCUT2D eigenvalue weighted by atomic mass is 16.5. The van der Waals surface area contributed by atoms with Gasteiger partial charge in [0.1, 0.15) is 19.0 Å². The fourth-order valence-electron chi connectivity index (χ4n) is 2.97. The molecule has 0 fully saturated rings. The summed E-state index contributed by atoms with van der Waals surface area (Å²) in [6.07, 6.45) is 4.78. The van der Waals surface area contributed by atoms with E-state index in [1.165, 1.54) is 7.11 Å². The molecule has 0 saturated heterocycles. The first kappa shape index (κ1) is 21.4. The Kier molecular flexibility index (Phi) is 8.42. The number of nitrogens with one attached hydrogen (secondary N) is 1. The molecule has 2 amide bonds. The summed E-state index contributed by atoms with van der Waals surface area (Å²) in [5.74, 6) is 0.668. The van der Waals surface area contributed by atoms with E-state index in [2.05, 4.69) is 23.5 Å². The Morgan fingerprint density at radius 3 is 2.64 bits per heavy atom. The molecule has 7 heteroatoms. The highest BCUT2D eigenvalue weighted by molar-refractivity contribution is 5.81. The predicted molar refractivity (Wildman–Crippen MR) is 110 cm³/mol. The largest absolute Gasteiger partial charge is 0.375 e. The van der Waals surface area contributed by atoms with Gasteiger partial charge in [-0.15, -0.1) is 13.2 Å². The summed E-state index contributed by atoms with van der Waals surface area (Å²) in [5, 5.41) is 2.80. The lowest BCUT2D eigenvalue weighted by atomic mass is 10.3. The number of ether oxygens (including phenoxy) is 1. The number of hydrogen-bond acceptors (Lipinski definition) is 4. The number of benzene rings is 1. The molecular formula is C21H28N4O3. The number of hydrogen-bond donors (Lipinski definition) is 1. The normalized spacial score (nSPS) is 10.6. The minimum atomic E-state index is -0.143. The van der Waals surface area contributed by atoms with Gasteiger partial charge >= 0.3 is 0 Å². The van der Waals surface area contributed by atoms with E-state index >= 15 is 0 Å². The third-order valence-electron chi connectivity index (χ3n) is 4.25. The van der Waals surface area contributed by atoms with Crippen LogP contribution in [-0.2, 0) is 27.3 Å². The average Bonchev–Trinajstić information content (AvgIpc) is 3.03. The molecule has 0 aliphatic heterocycles. The van der Waals surface area contributed by atoms with Crippen LogP contribution in [0.25, 0.3) is 11.0 Å². The van der Waals surface area contributed by atoms with Crippen LogP contribution in [0.1, 0.15) is 12.2 Å². The van der Waals surface area contributed by atoms with E-state index in [-0.39, 0.29) is 25.0 Å². The molecule has 1 aromatic carbocycles. The number of imidazole rings is 1. The van der Waals surface area contributed by atoms with E-state index in [9.17, 15) is 9.59 Å². The van der Waals surface area contributed by atoms with Gasteiger partial charge in [-0.05, 0) is 18.6 Å². The van der Waals surface area contributed by atoms with Gasteiger partial charge in [0, 0.05) is 33.2 Å². The van der Waals surface area contributed by atoms with Crippen molar-refractivity contribution < 1.29 is 14.3 Å². The Balaban J connectivity index is 2.13. The minimum Gasteiger partial charge on any atom is -0.375 e. The SMILES string of the molecule is C=CCN(CC=C)C(=O)Cn1c(CCCNC(=O)COC)nc2ccccc21. The van der Waals surface area contributed by atoms with Crippen molar-refractivity contribution in [3.8, 4) is 0 Å². The third kappa shape index (κ3) is 5.79. The quantitative estimate of drug-likeness (QED) is 0.448. The number of fused-ring (bicyclic) bond motifs is 1. The van der Waals surface area contributed by atoms with Gasteiger partial charge in [0.05, 0.1) is 11.0 Å². The van der Waals surface area contributed by atoms with Gasteiger partial charge in [-0.2, -0.15) is 0 Å². The van der Waals surface area contributed by atoms with Crippen molar-refractivity contribution in [1.82, 2.24) is 19.8 Å². The van der Waals surface area contributed by atoms with Crippen LogP contribution < -0.4 is 5.32 Å². The van der Waals surface area contributed by atoms with Gasteiger partial charge in [0.15, 0.2) is 0 Å². The van der Waals surface area contributed by atoms with E-state index in [1.807, 2.05) is 28.8 Å². The minimum absolute atomic E-state index is 0.0161. The highest BCUT2D eigenvalue weighted by Crippen LogP contribution is 2.17. The maximum absolute atomic E-state index is 12.8. The highest BCUT2D eigenvalue weighted by Gasteiger charge is 2.17. The summed E-state index contributed by atoms with van der Waals surface area (Å²) in [5.41, 5.74) is 1.78. The molecule has 0 aliphatic rings. The predicted octanol–water partition coefficient (Wildman–Crippen LogP) is 1.93. The number of methoxy groups -OCH3 is 1. The Bertz CT molecular complexity index is 818. The zero-order valence-corrected chi connectivity index (χ0v) is 16.4. The molecular weight excluding hydrogens is 356 g/mol. The second-order valence-electron chi connectivity index (χ2n) is 6.37. The topological polar surface area (TPSA) is 76.5 Å². The number of carbonyl (C=O) groups excluding carboxylic acids is 2. The smallest absolute Gasteiger partial charge is 0.245 e. The van der Waals surface area contributed by atoms with Crippen LogP contribution in [0.15, 0.2) is 49.6 Å². The van der Waals surface area contributed by atoms with Crippen molar-refractivity contribution in [1.29, 1.82) is 0 Å². The number of aryl methyl sites for hydroxylation is 1. The van der Waals surface area contributed by atoms with Gasteiger partial charge in [0.2, 0.25) is 11.8 Å². The van der Waals surface area contributed by atoms with Gasteiger partial charge < -0.3 is 19.5 Å². The number of carbonyl (C=O) groups is 2. The van der Waals surface area contributed by atoms with Gasteiger partial charge in [-0.3, -0.25) is 9.59 Å². The fraction of sp³-hybridized carbons (Fsp3) is 0.381. The van der Waals surface area contributed by atoms with Crippen LogP contribution in [0, 0.1) is 0 Å². The summed E-state index contributed by atoms with van der Waals surface area (Å²) >= 11 is 0. The van der Waals surface area contributed by atoms with Crippen molar-refractivity contribution in [2.75, 3.05) is 33.4 Å². The van der Waals surface area contributed by atoms with Crippen molar-refractivity contribution >= 4 is 22.8 Å². The van der Waals surface area contributed by atoms with Crippen molar-refractivity contribution in [2.45, 2.75) is 19.4 Å². The molecule has 28 heavy (non-hydrogen) atoms. The van der Waals surface area contributed by atoms with Crippen LogP contribution in [0.2, 0.25) is 0 Å². The monoisotopic (exact) mass is 384 g/mol. The maximum Gasteiger partial charge on any atom is 0.245 e. The summed E-state index contributed by atoms with van der Waals surface area (Å²) in [7, 11) is 1.49. The first-order valence-electron chi connectivity index (χ1n) is 9.30. The van der Waals surface area contributed by atoms with Gasteiger partial charge in [0.25, 0.3) is 0 Å². The van der Waals surface area contributed by atoms with Crippen molar-refractivity contribution in [3.63, 3.8) is 0 Å². The second kappa shape index (κ2) is 11.0. The molecule has 0 bridgehead atoms. The molecule has 1 heterocycles. The molecule has 1 aromatic heterocycles. The molecule has 2 rings (SSSR count). The molecule has 0 spiro atoms. The summed E-state index contributed by atoms with van der Waals surface area (Å²) in [6, 6.07) is 7.76. The number of aromatic nitrogens is 2. The Morgan fingerprint density at radius 2 is 1.96 bits per heavy atom. The second-order valence-corrected chi connectivity index (χ2v) is 6.37. The molecule has 0 atom stereocenters. The van der Waals surface area contributed by atoms with Crippen LogP contribution in [0.5, 0.6) is 0 Å². The van der Waals surface area contributed by atoms with E-state index in [0.717, 1.165) is 23.3 Å². The Morgan fingerprint density at radius 1 is 1.25 bits per heavy atom. The van der Waals surface area contributed by atoms with Crippen LogP contribution >= 0.6 is 0 Å². The zero-order valence-electron chi connectivity index (χ0n) is 16.4. The molecule has 7 nitrogen and oxygen atoms in total. The lowest BCUT2D eigenvalue weighted by Crippen LogP contribution is -2.34. The first-order chi connectivity index (χ1) is 13.6.